The summed E-state index contributed by atoms with van der Waals surface area (Å²) in [7, 11) is 4.04. The van der Waals surface area contributed by atoms with Gasteiger partial charge in [-0.3, -0.25) is 0 Å². The van der Waals surface area contributed by atoms with Crippen molar-refractivity contribution in [2.45, 2.75) is 13.3 Å². The van der Waals surface area contributed by atoms with E-state index in [1.807, 2.05) is 45.3 Å². The van der Waals surface area contributed by atoms with Crippen molar-refractivity contribution in [1.82, 2.24) is 10.2 Å². The zero-order chi connectivity index (χ0) is 12.7. The quantitative estimate of drug-likeness (QED) is 0.767. The number of nitrogens with one attached hydrogen (secondary N) is 2. The van der Waals surface area contributed by atoms with E-state index in [9.17, 15) is 4.79 Å². The normalized spacial score (nSPS) is 10.4. The van der Waals surface area contributed by atoms with Crippen LogP contribution in [0.4, 0.5) is 10.5 Å². The van der Waals surface area contributed by atoms with Crippen LogP contribution < -0.4 is 10.6 Å². The molecule has 2 N–H and O–H groups in total. The molecule has 17 heavy (non-hydrogen) atoms. The molecule has 0 radical (unpaired) electrons. The highest BCUT2D eigenvalue weighted by molar-refractivity contribution is 5.89. The highest BCUT2D eigenvalue weighted by Crippen LogP contribution is 2.08. The van der Waals surface area contributed by atoms with Crippen LogP contribution in [0.5, 0.6) is 0 Å². The van der Waals surface area contributed by atoms with Crippen molar-refractivity contribution in [3.05, 3.63) is 29.8 Å². The minimum atomic E-state index is -0.144. The average Bonchev–Trinajstić information content (AvgIpc) is 2.24. The van der Waals surface area contributed by atoms with Crippen LogP contribution in [0.1, 0.15) is 12.0 Å². The van der Waals surface area contributed by atoms with Crippen molar-refractivity contribution in [1.29, 1.82) is 0 Å². The largest absolute Gasteiger partial charge is 0.338 e. The smallest absolute Gasteiger partial charge is 0.319 e. The number of carbonyl (C=O) groups excluding carboxylic acids is 1. The number of nitrogens with zero attached hydrogens (tertiary/aromatic N) is 1. The summed E-state index contributed by atoms with van der Waals surface area (Å²) in [6.07, 6.45) is 0.953. The summed E-state index contributed by atoms with van der Waals surface area (Å²) in [4.78, 5) is 13.6. The van der Waals surface area contributed by atoms with E-state index in [2.05, 4.69) is 15.5 Å². The Kier molecular flexibility index (Phi) is 5.49. The van der Waals surface area contributed by atoms with E-state index < -0.39 is 0 Å². The molecule has 0 aliphatic heterocycles. The molecule has 0 fully saturated rings. The number of carbonyl (C=O) groups is 1. The molecule has 0 atom stereocenters. The highest BCUT2D eigenvalue weighted by atomic mass is 16.2. The van der Waals surface area contributed by atoms with Gasteiger partial charge in [0.25, 0.3) is 0 Å². The molecule has 0 saturated heterocycles. The van der Waals surface area contributed by atoms with Crippen LogP contribution in [0, 0.1) is 6.92 Å². The number of amides is 2. The standard InChI is InChI=1S/C13H21N3O/c1-11-6-4-7-12(10-11)15-13(17)14-8-5-9-16(2)3/h4,6-7,10H,5,8-9H2,1-3H3,(H2,14,15,17). The molecule has 1 rings (SSSR count). The molecular weight excluding hydrogens is 214 g/mol. The number of hydrogen-bond donors (Lipinski definition) is 2. The highest BCUT2D eigenvalue weighted by Gasteiger charge is 2.00. The molecular formula is C13H21N3O. The summed E-state index contributed by atoms with van der Waals surface area (Å²) in [5.74, 6) is 0. The monoisotopic (exact) mass is 235 g/mol. The van der Waals surface area contributed by atoms with Gasteiger partial charge >= 0.3 is 6.03 Å². The predicted molar refractivity (Wildman–Crippen MR) is 71.4 cm³/mol. The van der Waals surface area contributed by atoms with Crippen LogP contribution in [0.25, 0.3) is 0 Å². The van der Waals surface area contributed by atoms with Gasteiger partial charge in [-0.25, -0.2) is 4.79 Å². The number of rotatable bonds is 5. The van der Waals surface area contributed by atoms with E-state index in [4.69, 9.17) is 0 Å². The minimum Gasteiger partial charge on any atom is -0.338 e. The average molecular weight is 235 g/mol. The lowest BCUT2D eigenvalue weighted by molar-refractivity contribution is 0.251. The molecule has 4 nitrogen and oxygen atoms in total. The first-order chi connectivity index (χ1) is 8.08. The van der Waals surface area contributed by atoms with Crippen molar-refractivity contribution in [3.63, 3.8) is 0 Å². The fourth-order valence-electron chi connectivity index (χ4n) is 1.50. The van der Waals surface area contributed by atoms with Gasteiger partial charge in [-0.15, -0.1) is 0 Å². The maximum Gasteiger partial charge on any atom is 0.319 e. The Labute approximate surface area is 103 Å². The molecule has 0 bridgehead atoms. The number of anilines is 1. The lowest BCUT2D eigenvalue weighted by Gasteiger charge is -2.10. The molecule has 94 valence electrons. The molecule has 4 heteroatoms. The number of benzene rings is 1. The molecule has 0 aliphatic rings. The molecule has 0 aromatic heterocycles. The van der Waals surface area contributed by atoms with E-state index in [0.29, 0.717) is 6.54 Å². The third-order valence-corrected chi connectivity index (χ3v) is 2.34. The van der Waals surface area contributed by atoms with Crippen LogP contribution in [-0.4, -0.2) is 38.1 Å². The summed E-state index contributed by atoms with van der Waals surface area (Å²) in [6, 6.07) is 7.61. The Morgan fingerprint density at radius 3 is 2.76 bits per heavy atom. The Hall–Kier alpha value is -1.55. The first-order valence-corrected chi connectivity index (χ1v) is 5.84. The van der Waals surface area contributed by atoms with Gasteiger partial charge in [0.05, 0.1) is 0 Å². The van der Waals surface area contributed by atoms with Gasteiger partial charge in [-0.1, -0.05) is 12.1 Å². The third-order valence-electron chi connectivity index (χ3n) is 2.34. The van der Waals surface area contributed by atoms with Gasteiger partial charge in [-0.05, 0) is 51.7 Å². The fraction of sp³-hybridized carbons (Fsp3) is 0.462. The van der Waals surface area contributed by atoms with Crippen LogP contribution in [0.15, 0.2) is 24.3 Å². The molecule has 0 aliphatic carbocycles. The molecule has 0 saturated carbocycles. The SMILES string of the molecule is Cc1cccc(NC(=O)NCCCN(C)C)c1. The Bertz CT molecular complexity index is 363. The lowest BCUT2D eigenvalue weighted by Crippen LogP contribution is -2.31. The zero-order valence-electron chi connectivity index (χ0n) is 10.8. The number of aryl methyl sites for hydroxylation is 1. The van der Waals surface area contributed by atoms with Crippen LogP contribution in [-0.2, 0) is 0 Å². The van der Waals surface area contributed by atoms with Crippen molar-refractivity contribution < 1.29 is 4.79 Å². The van der Waals surface area contributed by atoms with E-state index in [-0.39, 0.29) is 6.03 Å². The second-order valence-corrected chi connectivity index (χ2v) is 4.41. The van der Waals surface area contributed by atoms with E-state index in [0.717, 1.165) is 24.2 Å². The molecule has 0 heterocycles. The third kappa shape index (κ3) is 5.92. The second kappa shape index (κ2) is 6.91. The topological polar surface area (TPSA) is 44.4 Å². The summed E-state index contributed by atoms with van der Waals surface area (Å²) >= 11 is 0. The summed E-state index contributed by atoms with van der Waals surface area (Å²) < 4.78 is 0. The van der Waals surface area contributed by atoms with Gasteiger partial charge in [0.15, 0.2) is 0 Å². The molecule has 1 aromatic carbocycles. The zero-order valence-corrected chi connectivity index (χ0v) is 10.8. The second-order valence-electron chi connectivity index (χ2n) is 4.41. The van der Waals surface area contributed by atoms with Crippen molar-refractivity contribution in [3.8, 4) is 0 Å². The van der Waals surface area contributed by atoms with Crippen LogP contribution in [0.3, 0.4) is 0 Å². The molecule has 0 spiro atoms. The van der Waals surface area contributed by atoms with Gasteiger partial charge in [0.1, 0.15) is 0 Å². The van der Waals surface area contributed by atoms with Crippen molar-refractivity contribution in [2.75, 3.05) is 32.5 Å². The fourth-order valence-corrected chi connectivity index (χ4v) is 1.50. The van der Waals surface area contributed by atoms with Crippen molar-refractivity contribution in [2.24, 2.45) is 0 Å². The maximum absolute atomic E-state index is 11.5. The van der Waals surface area contributed by atoms with Crippen LogP contribution in [0.2, 0.25) is 0 Å². The molecule has 2 amide bonds. The first kappa shape index (κ1) is 13.5. The van der Waals surface area contributed by atoms with Gasteiger partial charge in [-0.2, -0.15) is 0 Å². The predicted octanol–water partition coefficient (Wildman–Crippen LogP) is 2.07. The molecule has 0 unspecified atom stereocenters. The van der Waals surface area contributed by atoms with Crippen LogP contribution >= 0.6 is 0 Å². The maximum atomic E-state index is 11.5. The molecule has 1 aromatic rings. The Morgan fingerprint density at radius 2 is 2.12 bits per heavy atom. The minimum absolute atomic E-state index is 0.144. The summed E-state index contributed by atoms with van der Waals surface area (Å²) in [6.45, 7) is 3.67. The van der Waals surface area contributed by atoms with Gasteiger partial charge in [0, 0.05) is 12.2 Å². The summed E-state index contributed by atoms with van der Waals surface area (Å²) in [5.41, 5.74) is 1.96. The van der Waals surface area contributed by atoms with Gasteiger partial charge in [0.2, 0.25) is 0 Å². The van der Waals surface area contributed by atoms with Crippen molar-refractivity contribution >= 4 is 11.7 Å². The number of urea groups is 1. The number of hydrogen-bond acceptors (Lipinski definition) is 2. The Morgan fingerprint density at radius 1 is 1.35 bits per heavy atom. The van der Waals surface area contributed by atoms with E-state index >= 15 is 0 Å². The van der Waals surface area contributed by atoms with E-state index in [1.54, 1.807) is 0 Å². The van der Waals surface area contributed by atoms with Gasteiger partial charge < -0.3 is 15.5 Å². The Balaban J connectivity index is 2.25. The first-order valence-electron chi connectivity index (χ1n) is 5.84. The van der Waals surface area contributed by atoms with E-state index in [1.165, 1.54) is 0 Å². The lowest BCUT2D eigenvalue weighted by atomic mass is 10.2. The summed E-state index contributed by atoms with van der Waals surface area (Å²) in [5, 5.41) is 5.64.